The molecule has 1 aliphatic rings. The number of furan rings is 1. The summed E-state index contributed by atoms with van der Waals surface area (Å²) in [5.41, 5.74) is 20.3. The topological polar surface area (TPSA) is 54.8 Å². The molecule has 0 atom stereocenters. The Balaban J connectivity index is 0.000000237. The van der Waals surface area contributed by atoms with Crippen LogP contribution in [0, 0.1) is 6.92 Å². The molecule has 4 nitrogen and oxygen atoms in total. The van der Waals surface area contributed by atoms with Crippen LogP contribution in [-0.2, 0) is 0 Å². The van der Waals surface area contributed by atoms with Gasteiger partial charge in [-0.25, -0.2) is 4.99 Å². The van der Waals surface area contributed by atoms with Crippen molar-refractivity contribution < 1.29 is 4.42 Å². The summed E-state index contributed by atoms with van der Waals surface area (Å²) in [6.45, 7) is 11.5. The van der Waals surface area contributed by atoms with Crippen LogP contribution in [0.2, 0.25) is 0 Å². The number of amidine groups is 1. The molecule has 0 saturated heterocycles. The average molecular weight is 730 g/mol. The van der Waals surface area contributed by atoms with Crippen molar-refractivity contribution >= 4 is 56.0 Å². The summed E-state index contributed by atoms with van der Waals surface area (Å²) >= 11 is 0. The van der Waals surface area contributed by atoms with Crippen molar-refractivity contribution in [2.45, 2.75) is 27.2 Å². The predicted molar refractivity (Wildman–Crippen MR) is 240 cm³/mol. The van der Waals surface area contributed by atoms with Gasteiger partial charge in [0.25, 0.3) is 0 Å². The van der Waals surface area contributed by atoms with Crippen LogP contribution in [0.25, 0.3) is 44.2 Å². The Morgan fingerprint density at radius 2 is 1.30 bits per heavy atom. The summed E-state index contributed by atoms with van der Waals surface area (Å²) in [4.78, 5) is 6.76. The maximum Gasteiger partial charge on any atom is 0.135 e. The minimum absolute atomic E-state index is 0.543. The number of para-hydroxylation sites is 2. The zero-order chi connectivity index (χ0) is 38.9. The van der Waals surface area contributed by atoms with E-state index in [0.717, 1.165) is 46.5 Å². The molecule has 0 amide bonds. The molecule has 9 rings (SSSR count). The molecule has 1 aliphatic heterocycles. The number of anilines is 2. The number of fused-ring (bicyclic) bond motifs is 4. The van der Waals surface area contributed by atoms with Crippen LogP contribution in [0.5, 0.6) is 0 Å². The Morgan fingerprint density at radius 1 is 0.643 bits per heavy atom. The summed E-state index contributed by atoms with van der Waals surface area (Å²) in [6, 6.07) is 60.3. The van der Waals surface area contributed by atoms with E-state index >= 15 is 0 Å². The summed E-state index contributed by atoms with van der Waals surface area (Å²) in [5.74, 6) is 0.543. The monoisotopic (exact) mass is 729 g/mol. The molecule has 0 spiro atoms. The van der Waals surface area contributed by atoms with E-state index in [0.29, 0.717) is 5.84 Å². The smallest absolute Gasteiger partial charge is 0.135 e. The molecular formula is C52H47N3O. The number of allylic oxidation sites excluding steroid dienone is 2. The van der Waals surface area contributed by atoms with Crippen molar-refractivity contribution in [3.8, 4) is 11.1 Å². The van der Waals surface area contributed by atoms with Gasteiger partial charge in [-0.2, -0.15) is 0 Å². The van der Waals surface area contributed by atoms with Crippen molar-refractivity contribution in [3.05, 3.63) is 211 Å². The molecule has 2 N–H and O–H groups in total. The van der Waals surface area contributed by atoms with Crippen LogP contribution in [0.4, 0.5) is 17.1 Å². The van der Waals surface area contributed by atoms with Gasteiger partial charge in [0.05, 0.1) is 5.69 Å². The minimum Gasteiger partial charge on any atom is -0.456 e. The molecular weight excluding hydrogens is 683 g/mol. The first-order chi connectivity index (χ1) is 27.5. The highest BCUT2D eigenvalue weighted by Crippen LogP contribution is 2.40. The van der Waals surface area contributed by atoms with Gasteiger partial charge in [-0.05, 0) is 95.3 Å². The zero-order valence-corrected chi connectivity index (χ0v) is 32.3. The Morgan fingerprint density at radius 3 is 2.07 bits per heavy atom. The number of nitrogens with zero attached hydrogens (tertiary/aromatic N) is 2. The van der Waals surface area contributed by atoms with Gasteiger partial charge in [-0.15, -0.1) is 0 Å². The lowest BCUT2D eigenvalue weighted by Gasteiger charge is -2.30. The average Bonchev–Trinajstić information content (AvgIpc) is 3.64. The lowest BCUT2D eigenvalue weighted by atomic mass is 9.92. The largest absolute Gasteiger partial charge is 0.456 e. The number of aryl methyl sites for hydroxylation is 1. The molecule has 0 aliphatic carbocycles. The lowest BCUT2D eigenvalue weighted by Crippen LogP contribution is -2.21. The molecule has 276 valence electrons. The molecule has 1 aromatic heterocycles. The van der Waals surface area contributed by atoms with Crippen LogP contribution < -0.4 is 10.6 Å². The highest BCUT2D eigenvalue weighted by molar-refractivity contribution is 6.08. The van der Waals surface area contributed by atoms with Gasteiger partial charge >= 0.3 is 0 Å². The zero-order valence-electron chi connectivity index (χ0n) is 32.3. The number of aliphatic imine (C=N–C) groups is 1. The number of hydrogen-bond acceptors (Lipinski definition) is 3. The SMILES string of the molecule is C=C1/C=C(/c2ccc3oc4cccc(C)c4c3c2)CCN(c2cccc(-c3ccccc3)c2)c2ccccc21.CC.NC(=Nc1ccccc1)c1ccccc1. The molecule has 0 bridgehead atoms. The number of nitrogens with two attached hydrogens (primary N) is 1. The maximum atomic E-state index is 6.17. The standard InChI is InChI=1S/C37H29NO.C13H12N2.C2H6/c1-25-10-8-17-36-37(25)33-24-29(18-19-35(33)39-36)30-20-21-38(34-16-7-6-15-32(34)26(2)22-30)31-14-9-13-28(23-31)27-11-4-3-5-12-27;14-13(11-7-3-1-4-8-11)15-12-9-5-2-6-10-12;1-2/h3-19,22-24H,2,20-21H2,1H3;1-10H,(H2,14,15);1-2H3/b30-22+;;. The highest BCUT2D eigenvalue weighted by atomic mass is 16.3. The Bertz CT molecular complexity index is 2640. The number of hydrogen-bond donors (Lipinski definition) is 1. The summed E-state index contributed by atoms with van der Waals surface area (Å²) in [7, 11) is 0. The second-order valence-corrected chi connectivity index (χ2v) is 13.5. The molecule has 0 fully saturated rings. The molecule has 0 saturated carbocycles. The first kappa shape index (κ1) is 37.4. The summed E-state index contributed by atoms with van der Waals surface area (Å²) in [5, 5.41) is 2.37. The van der Waals surface area contributed by atoms with Crippen LogP contribution >= 0.6 is 0 Å². The first-order valence-corrected chi connectivity index (χ1v) is 19.3. The van der Waals surface area contributed by atoms with Crippen LogP contribution in [0.3, 0.4) is 0 Å². The normalized spacial score (nSPS) is 13.6. The van der Waals surface area contributed by atoms with E-state index in [4.69, 9.17) is 10.2 Å². The molecule has 56 heavy (non-hydrogen) atoms. The summed E-state index contributed by atoms with van der Waals surface area (Å²) in [6.07, 6.45) is 3.16. The summed E-state index contributed by atoms with van der Waals surface area (Å²) < 4.78 is 6.17. The quantitative estimate of drug-likeness (QED) is 0.142. The van der Waals surface area contributed by atoms with Gasteiger partial charge in [0.15, 0.2) is 0 Å². The third-order valence-electron chi connectivity index (χ3n) is 9.91. The fraction of sp³-hybridized carbons (Fsp3) is 0.0962. The van der Waals surface area contributed by atoms with Crippen molar-refractivity contribution in [1.82, 2.24) is 0 Å². The second-order valence-electron chi connectivity index (χ2n) is 13.5. The molecule has 7 aromatic carbocycles. The highest BCUT2D eigenvalue weighted by Gasteiger charge is 2.20. The van der Waals surface area contributed by atoms with E-state index in [1.54, 1.807) is 0 Å². The van der Waals surface area contributed by atoms with Crippen molar-refractivity contribution in [1.29, 1.82) is 0 Å². The Labute approximate surface area is 330 Å². The van der Waals surface area contributed by atoms with E-state index < -0.39 is 0 Å². The number of benzene rings is 7. The van der Waals surface area contributed by atoms with E-state index in [1.165, 1.54) is 50.0 Å². The molecule has 0 radical (unpaired) electrons. The van der Waals surface area contributed by atoms with E-state index in [2.05, 4.69) is 145 Å². The van der Waals surface area contributed by atoms with E-state index in [-0.39, 0.29) is 0 Å². The van der Waals surface area contributed by atoms with Gasteiger partial charge in [-0.3, -0.25) is 0 Å². The fourth-order valence-corrected chi connectivity index (χ4v) is 7.19. The van der Waals surface area contributed by atoms with Gasteiger partial charge < -0.3 is 15.1 Å². The Hall–Kier alpha value is -6.91. The second kappa shape index (κ2) is 17.5. The van der Waals surface area contributed by atoms with Crippen LogP contribution in [0.1, 0.15) is 42.5 Å². The van der Waals surface area contributed by atoms with Crippen molar-refractivity contribution in [2.24, 2.45) is 10.7 Å². The van der Waals surface area contributed by atoms with Gasteiger partial charge in [0.1, 0.15) is 17.0 Å². The number of rotatable bonds is 5. The first-order valence-electron chi connectivity index (χ1n) is 19.3. The minimum atomic E-state index is 0.543. The molecule has 4 heteroatoms. The maximum absolute atomic E-state index is 6.17. The van der Waals surface area contributed by atoms with Crippen molar-refractivity contribution in [3.63, 3.8) is 0 Å². The lowest BCUT2D eigenvalue weighted by molar-refractivity contribution is 0.669. The third kappa shape index (κ3) is 8.25. The van der Waals surface area contributed by atoms with Gasteiger partial charge in [0.2, 0.25) is 0 Å². The molecule has 8 aromatic rings. The van der Waals surface area contributed by atoms with Crippen LogP contribution in [-0.4, -0.2) is 12.4 Å². The van der Waals surface area contributed by atoms with E-state index in [9.17, 15) is 0 Å². The molecule has 0 unspecified atom stereocenters. The Kier molecular flexibility index (Phi) is 11.7. The fourth-order valence-electron chi connectivity index (χ4n) is 7.19. The van der Waals surface area contributed by atoms with Gasteiger partial charge in [0, 0.05) is 39.8 Å². The van der Waals surface area contributed by atoms with E-state index in [1.807, 2.05) is 74.5 Å². The molecule has 2 heterocycles. The predicted octanol–water partition coefficient (Wildman–Crippen LogP) is 13.9. The third-order valence-corrected chi connectivity index (χ3v) is 9.91. The van der Waals surface area contributed by atoms with Crippen LogP contribution in [0.15, 0.2) is 198 Å². The van der Waals surface area contributed by atoms with Crippen molar-refractivity contribution in [2.75, 3.05) is 11.4 Å². The van der Waals surface area contributed by atoms with Gasteiger partial charge in [-0.1, -0.05) is 154 Å².